The fraction of sp³-hybridized carbons (Fsp3) is 0.308. The molecule has 1 aliphatic heterocycles. The molecule has 1 aromatic carbocycles. The maximum absolute atomic E-state index is 9.28. The normalized spacial score (nSPS) is 19.0. The Bertz CT molecular complexity index is 639. The highest BCUT2D eigenvalue weighted by molar-refractivity contribution is 9.10. The van der Waals surface area contributed by atoms with E-state index < -0.39 is 0 Å². The predicted octanol–water partition coefficient (Wildman–Crippen LogP) is 4.08. The van der Waals surface area contributed by atoms with E-state index in [4.69, 9.17) is 0 Å². The minimum atomic E-state index is 0.467. The topological polar surface area (TPSA) is 28.7 Å². The molecule has 1 unspecified atom stereocenters. The van der Waals surface area contributed by atoms with Crippen LogP contribution in [0.25, 0.3) is 10.9 Å². The molecule has 0 fully saturated rings. The molecule has 4 heteroatoms. The zero-order valence-corrected chi connectivity index (χ0v) is 11.8. The van der Waals surface area contributed by atoms with E-state index in [0.29, 0.717) is 6.04 Å². The highest BCUT2D eigenvalue weighted by Gasteiger charge is 2.21. The molecule has 0 aliphatic carbocycles. The average molecular weight is 307 g/mol. The first-order valence-corrected chi connectivity index (χ1v) is 7.46. The molecular formula is C13H11BrN2S. The summed E-state index contributed by atoms with van der Waals surface area (Å²) in [7, 11) is 0. The van der Waals surface area contributed by atoms with Gasteiger partial charge in [-0.1, -0.05) is 15.9 Å². The van der Waals surface area contributed by atoms with Crippen molar-refractivity contribution >= 4 is 38.6 Å². The number of hydrogen-bond acceptors (Lipinski definition) is 2. The van der Waals surface area contributed by atoms with Crippen molar-refractivity contribution in [3.63, 3.8) is 0 Å². The number of benzene rings is 1. The Hall–Kier alpha value is -0.920. The first-order chi connectivity index (χ1) is 8.20. The van der Waals surface area contributed by atoms with Crippen molar-refractivity contribution in [3.8, 4) is 6.07 Å². The molecule has 0 amide bonds. The largest absolute Gasteiger partial charge is 0.339 e. The molecule has 0 radical (unpaired) electrons. The van der Waals surface area contributed by atoms with Gasteiger partial charge >= 0.3 is 0 Å². The number of hydrogen-bond donors (Lipinski definition) is 0. The van der Waals surface area contributed by atoms with Crippen LogP contribution in [0.2, 0.25) is 0 Å². The van der Waals surface area contributed by atoms with Gasteiger partial charge in [-0.15, -0.1) is 0 Å². The molecule has 2 nitrogen and oxygen atoms in total. The lowest BCUT2D eigenvalue weighted by molar-refractivity contribution is 0.603. The van der Waals surface area contributed by atoms with E-state index >= 15 is 0 Å². The van der Waals surface area contributed by atoms with Crippen molar-refractivity contribution < 1.29 is 0 Å². The second-order valence-electron chi connectivity index (χ2n) is 4.37. The quantitative estimate of drug-likeness (QED) is 0.733. The van der Waals surface area contributed by atoms with Crippen LogP contribution in [0.3, 0.4) is 0 Å². The van der Waals surface area contributed by atoms with Crippen LogP contribution in [-0.2, 0) is 5.75 Å². The number of rotatable bonds is 0. The summed E-state index contributed by atoms with van der Waals surface area (Å²) in [5, 5.41) is 10.4. The summed E-state index contributed by atoms with van der Waals surface area (Å²) in [6, 6.07) is 8.99. The molecule has 0 bridgehead atoms. The third kappa shape index (κ3) is 1.69. The Morgan fingerprint density at radius 2 is 2.29 bits per heavy atom. The molecule has 0 spiro atoms. The predicted molar refractivity (Wildman–Crippen MR) is 75.2 cm³/mol. The van der Waals surface area contributed by atoms with Gasteiger partial charge in [0.25, 0.3) is 0 Å². The first-order valence-electron chi connectivity index (χ1n) is 5.52. The maximum Gasteiger partial charge on any atom is 0.101 e. The van der Waals surface area contributed by atoms with E-state index in [2.05, 4.69) is 45.6 Å². The van der Waals surface area contributed by atoms with Crippen LogP contribution in [0.15, 0.2) is 22.7 Å². The molecule has 1 atom stereocenters. The lowest BCUT2D eigenvalue weighted by atomic mass is 10.1. The van der Waals surface area contributed by atoms with Gasteiger partial charge in [-0.3, -0.25) is 0 Å². The summed E-state index contributed by atoms with van der Waals surface area (Å²) in [5.41, 5.74) is 3.19. The number of thioether (sulfide) groups is 1. The smallest absolute Gasteiger partial charge is 0.101 e. The first kappa shape index (κ1) is 11.2. The third-order valence-corrected chi connectivity index (χ3v) is 4.82. The summed E-state index contributed by atoms with van der Waals surface area (Å²) < 4.78 is 3.31. The number of nitriles is 1. The molecule has 1 aromatic heterocycles. The highest BCUT2D eigenvalue weighted by Crippen LogP contribution is 2.35. The minimum absolute atomic E-state index is 0.467. The van der Waals surface area contributed by atoms with Crippen LogP contribution < -0.4 is 0 Å². The van der Waals surface area contributed by atoms with Crippen molar-refractivity contribution in [2.75, 3.05) is 5.75 Å². The summed E-state index contributed by atoms with van der Waals surface area (Å²) in [4.78, 5) is 0. The van der Waals surface area contributed by atoms with Gasteiger partial charge in [0.05, 0.1) is 11.1 Å². The van der Waals surface area contributed by atoms with E-state index in [-0.39, 0.29) is 0 Å². The monoisotopic (exact) mass is 306 g/mol. The van der Waals surface area contributed by atoms with Gasteiger partial charge in [-0.25, -0.2) is 0 Å². The van der Waals surface area contributed by atoms with Crippen molar-refractivity contribution in [2.45, 2.75) is 18.7 Å². The van der Waals surface area contributed by atoms with E-state index in [1.165, 1.54) is 11.1 Å². The Morgan fingerprint density at radius 1 is 1.47 bits per heavy atom. The van der Waals surface area contributed by atoms with Crippen molar-refractivity contribution in [3.05, 3.63) is 33.9 Å². The van der Waals surface area contributed by atoms with Crippen LogP contribution in [0.5, 0.6) is 0 Å². The summed E-state index contributed by atoms with van der Waals surface area (Å²) in [5.74, 6) is 2.17. The van der Waals surface area contributed by atoms with Crippen molar-refractivity contribution in [1.29, 1.82) is 5.26 Å². The van der Waals surface area contributed by atoms with Crippen LogP contribution in [0, 0.1) is 11.3 Å². The highest BCUT2D eigenvalue weighted by atomic mass is 79.9. The minimum Gasteiger partial charge on any atom is -0.339 e. The lowest BCUT2D eigenvalue weighted by Crippen LogP contribution is -2.15. The molecule has 17 heavy (non-hydrogen) atoms. The second-order valence-corrected chi connectivity index (χ2v) is 6.32. The van der Waals surface area contributed by atoms with Crippen molar-refractivity contribution in [2.24, 2.45) is 0 Å². The fourth-order valence-corrected chi connectivity index (χ4v) is 4.02. The molecule has 86 valence electrons. The maximum atomic E-state index is 9.28. The van der Waals surface area contributed by atoms with Crippen LogP contribution in [0.4, 0.5) is 0 Å². The number of aromatic nitrogens is 1. The summed E-state index contributed by atoms with van der Waals surface area (Å²) in [6.45, 7) is 2.22. The molecule has 0 N–H and O–H groups in total. The summed E-state index contributed by atoms with van der Waals surface area (Å²) >= 11 is 5.43. The van der Waals surface area contributed by atoms with Gasteiger partial charge in [0.15, 0.2) is 0 Å². The van der Waals surface area contributed by atoms with E-state index in [0.717, 1.165) is 27.1 Å². The number of nitrogens with zero attached hydrogens (tertiary/aromatic N) is 2. The van der Waals surface area contributed by atoms with Gasteiger partial charge in [-0.05, 0) is 25.1 Å². The average Bonchev–Trinajstić information content (AvgIpc) is 2.67. The Kier molecular flexibility index (Phi) is 2.68. The lowest BCUT2D eigenvalue weighted by Gasteiger charge is -2.23. The molecule has 0 saturated carbocycles. The van der Waals surface area contributed by atoms with E-state index in [1.807, 2.05) is 17.8 Å². The fourth-order valence-electron chi connectivity index (χ4n) is 2.50. The van der Waals surface area contributed by atoms with E-state index in [1.54, 1.807) is 0 Å². The van der Waals surface area contributed by atoms with Gasteiger partial charge < -0.3 is 4.57 Å². The second kappa shape index (κ2) is 4.08. The summed E-state index contributed by atoms with van der Waals surface area (Å²) in [6.07, 6.45) is 0. The van der Waals surface area contributed by atoms with Gasteiger partial charge in [0.1, 0.15) is 6.07 Å². The number of halogens is 1. The van der Waals surface area contributed by atoms with Crippen molar-refractivity contribution in [1.82, 2.24) is 4.57 Å². The van der Waals surface area contributed by atoms with Crippen LogP contribution in [-0.4, -0.2) is 10.3 Å². The third-order valence-electron chi connectivity index (χ3n) is 3.15. The molecule has 3 rings (SSSR count). The van der Waals surface area contributed by atoms with E-state index in [9.17, 15) is 5.26 Å². The van der Waals surface area contributed by atoms with Crippen LogP contribution >= 0.6 is 27.7 Å². The van der Waals surface area contributed by atoms with Gasteiger partial charge in [0.2, 0.25) is 0 Å². The SMILES string of the molecule is CC1CSCc2cc3cc(Br)cc(C#N)c3n21. The molecular weight excluding hydrogens is 296 g/mol. The molecule has 2 aromatic rings. The zero-order chi connectivity index (χ0) is 12.0. The van der Waals surface area contributed by atoms with Gasteiger partial charge in [-0.2, -0.15) is 17.0 Å². The number of fused-ring (bicyclic) bond motifs is 3. The molecule has 1 aliphatic rings. The molecule has 0 saturated heterocycles. The zero-order valence-electron chi connectivity index (χ0n) is 9.40. The Balaban J connectivity index is 2.41. The Labute approximate surface area is 113 Å². The van der Waals surface area contributed by atoms with Gasteiger partial charge in [0, 0.05) is 33.1 Å². The Morgan fingerprint density at radius 3 is 3.06 bits per heavy atom. The standard InChI is InChI=1S/C13H11BrN2S/c1-8-6-17-7-12-4-9-2-11(14)3-10(5-15)13(9)16(8)12/h2-4,8H,6-7H2,1H3. The molecule has 2 heterocycles. The van der Waals surface area contributed by atoms with Crippen LogP contribution in [0.1, 0.15) is 24.2 Å².